The van der Waals surface area contributed by atoms with Crippen molar-refractivity contribution in [3.63, 3.8) is 0 Å². The highest BCUT2D eigenvalue weighted by Crippen LogP contribution is 2.37. The fourth-order valence-electron chi connectivity index (χ4n) is 9.10. The van der Waals surface area contributed by atoms with Gasteiger partial charge in [-0.25, -0.2) is 0 Å². The molecule has 0 aromatic rings. The molecule has 0 spiro atoms. The third kappa shape index (κ3) is 24.5. The number of rotatable bonds is 24. The minimum atomic E-state index is -0.409. The van der Waals surface area contributed by atoms with Gasteiger partial charge in [-0.3, -0.25) is 0 Å². The van der Waals surface area contributed by atoms with E-state index in [-0.39, 0.29) is 142 Å². The van der Waals surface area contributed by atoms with E-state index in [2.05, 4.69) is 114 Å². The van der Waals surface area contributed by atoms with Gasteiger partial charge in [-0.15, -0.1) is 0 Å². The van der Waals surface area contributed by atoms with Crippen molar-refractivity contribution in [2.45, 2.75) is 192 Å². The van der Waals surface area contributed by atoms with Crippen molar-refractivity contribution in [2.24, 2.45) is 0 Å². The van der Waals surface area contributed by atoms with Crippen molar-refractivity contribution in [1.82, 2.24) is 0 Å². The average molecular weight is 1320 g/mol. The Morgan fingerprint density at radius 2 is 0.278 bits per heavy atom. The summed E-state index contributed by atoms with van der Waals surface area (Å²) < 4.78 is 118. The highest BCUT2D eigenvalue weighted by Gasteiger charge is 2.48. The standard InChI is InChI=1S/6C5H10B2O4P2.CH4/c4*6-8-2-1-3(10-12)4(9-7)5(2)11-13;6-8-4-2(10-12)1-3(11-13)5(4)9-7;6-8-2-1-3(9-7)5(11-13)4(2)10-12;/h6*2-5H,1,12-13H2;1H4/t2*2-,3+,4+,5-;4*2-,3+,4-,5+;/m1010.../s1. The van der Waals surface area contributed by atoms with Gasteiger partial charge in [0.2, 0.25) is 0 Å². The summed E-state index contributed by atoms with van der Waals surface area (Å²) in [6.07, 6.45) is -3.41. The number of hydrogen-bond acceptors (Lipinski definition) is 24. The van der Waals surface area contributed by atoms with Crippen LogP contribution in [0.15, 0.2) is 0 Å². The quantitative estimate of drug-likeness (QED) is 0.0810. The second-order valence-electron chi connectivity index (χ2n) is 16.7. The second kappa shape index (κ2) is 48.7. The van der Waals surface area contributed by atoms with Crippen LogP contribution in [0.25, 0.3) is 0 Å². The molecule has 6 fully saturated rings. The van der Waals surface area contributed by atoms with Crippen molar-refractivity contribution >= 4 is 210 Å². The summed E-state index contributed by atoms with van der Waals surface area (Å²) in [5.74, 6) is 0. The molecular formula is C31H64B12O24P12. The molecule has 0 aliphatic heterocycles. The van der Waals surface area contributed by atoms with E-state index in [1.54, 1.807) is 0 Å². The summed E-state index contributed by atoms with van der Waals surface area (Å²) >= 11 is 0. The molecule has 6 saturated carbocycles. The fourth-order valence-corrected chi connectivity index (χ4v) is 12.7. The molecule has 6 rings (SSSR count). The van der Waals surface area contributed by atoms with E-state index in [4.69, 9.17) is 207 Å². The molecule has 0 amide bonds. The van der Waals surface area contributed by atoms with Crippen LogP contribution in [0.5, 0.6) is 0 Å². The molecule has 48 heteroatoms. The van der Waals surface area contributed by atoms with E-state index in [1.807, 2.05) is 0 Å². The van der Waals surface area contributed by atoms with Gasteiger partial charge in [0.05, 0.1) is 110 Å². The smallest absolute Gasteiger partial charge is 0.283 e. The molecule has 79 heavy (non-hydrogen) atoms. The fraction of sp³-hybridized carbons (Fsp3) is 1.00. The molecule has 12 unspecified atom stereocenters. The van der Waals surface area contributed by atoms with Crippen LogP contribution in [0.1, 0.15) is 46.0 Å². The highest BCUT2D eigenvalue weighted by atomic mass is 31.1. The molecule has 24 nitrogen and oxygen atoms in total. The van der Waals surface area contributed by atoms with Crippen LogP contribution in [0.4, 0.5) is 0 Å². The van der Waals surface area contributed by atoms with Crippen molar-refractivity contribution in [1.29, 1.82) is 0 Å². The SMILES string of the molecule is C.[B]O[C@@H]1[C@H](OP)[C@@H](O[B])C[C@H]1OP.[B]O[C@@H]1[C@H](OP)[C@H](O[B])C[C@@H]1OP.[B]O[C@@H]1[C@H](O[B])[C@H](OP)C[C@@H]1OP.[B]O[C@H]1C[C@@H](O[B])[C@@H](OP)[C@H]1OP.[B]O[C@H]1[C@@H](OP)[C@@H](O[B])C[C@H]1OP.[B]O[C@H]1[C@@H](OP)[C@H](O[B])C[C@@H]1OP. The first kappa shape index (κ1) is 84.0. The lowest BCUT2D eigenvalue weighted by Crippen LogP contribution is -2.36. The molecule has 0 aromatic carbocycles. The molecule has 428 valence electrons. The highest BCUT2D eigenvalue weighted by molar-refractivity contribution is 7.11. The molecular weight excluding hydrogens is 1260 g/mol. The van der Waals surface area contributed by atoms with Crippen molar-refractivity contribution < 1.29 is 110 Å². The Balaban J connectivity index is 0.000000922. The van der Waals surface area contributed by atoms with E-state index in [1.165, 1.54) is 0 Å². The van der Waals surface area contributed by atoms with Gasteiger partial charge in [0.1, 0.15) is 36.6 Å². The molecule has 0 N–H and O–H groups in total. The summed E-state index contributed by atoms with van der Waals surface area (Å²) in [4.78, 5) is 0. The Kier molecular flexibility index (Phi) is 51.8. The molecule has 6 aliphatic rings. The largest absolute Gasteiger partial charge is 0.442 e. The van der Waals surface area contributed by atoms with Gasteiger partial charge in [0.25, 0.3) is 96.6 Å². The van der Waals surface area contributed by atoms with Crippen LogP contribution in [0.2, 0.25) is 0 Å². The van der Waals surface area contributed by atoms with Gasteiger partial charge in [-0.1, -0.05) is 7.43 Å². The van der Waals surface area contributed by atoms with Crippen LogP contribution >= 0.6 is 114 Å². The summed E-state index contributed by atoms with van der Waals surface area (Å²) in [5, 5.41) is 0. The normalized spacial score (nSPS) is 39.0. The zero-order valence-electron chi connectivity index (χ0n) is 41.8. The van der Waals surface area contributed by atoms with Gasteiger partial charge in [-0.05, 0) is 0 Å². The predicted molar refractivity (Wildman–Crippen MR) is 337 cm³/mol. The molecule has 0 aromatic heterocycles. The Bertz CT molecular complexity index is 1150. The topological polar surface area (TPSA) is 222 Å². The summed E-state index contributed by atoms with van der Waals surface area (Å²) in [6.45, 7) is 0. The zero-order chi connectivity index (χ0) is 59.1. The molecule has 0 saturated heterocycles. The van der Waals surface area contributed by atoms with E-state index >= 15 is 0 Å². The first-order chi connectivity index (χ1) is 37.7. The maximum absolute atomic E-state index is 5.11. The van der Waals surface area contributed by atoms with E-state index in [0.717, 1.165) is 0 Å². The van der Waals surface area contributed by atoms with Crippen LogP contribution in [0.3, 0.4) is 0 Å². The van der Waals surface area contributed by atoms with Crippen LogP contribution in [0, 0.1) is 0 Å². The lowest BCUT2D eigenvalue weighted by molar-refractivity contribution is 0.0120. The number of hydrogen-bond donors (Lipinski definition) is 0. The Hall–Kier alpha value is 4.98. The first-order valence-electron chi connectivity index (χ1n) is 22.2. The van der Waals surface area contributed by atoms with Crippen molar-refractivity contribution in [3.05, 3.63) is 0 Å². The third-order valence-corrected chi connectivity index (χ3v) is 17.1. The maximum Gasteiger partial charge on any atom is 0.283 e. The zero-order valence-corrected chi connectivity index (χ0v) is 55.6. The molecule has 0 heterocycles. The van der Waals surface area contributed by atoms with Gasteiger partial charge in [0.15, 0.2) is 0 Å². The second-order valence-corrected chi connectivity index (χ2v) is 20.0. The Morgan fingerprint density at radius 1 is 0.165 bits per heavy atom. The van der Waals surface area contributed by atoms with E-state index in [9.17, 15) is 0 Å². The van der Waals surface area contributed by atoms with Gasteiger partial charge in [0, 0.05) is 152 Å². The maximum atomic E-state index is 5.11. The van der Waals surface area contributed by atoms with Crippen molar-refractivity contribution in [3.8, 4) is 0 Å². The van der Waals surface area contributed by atoms with Gasteiger partial charge in [-0.2, -0.15) is 0 Å². The Labute approximate surface area is 510 Å². The minimum absolute atomic E-state index is 0. The molecule has 0 bridgehead atoms. The lowest BCUT2D eigenvalue weighted by Gasteiger charge is -2.24. The van der Waals surface area contributed by atoms with E-state index < -0.39 is 12.2 Å². The summed E-state index contributed by atoms with van der Waals surface area (Å²) in [5.41, 5.74) is 0. The predicted octanol–water partition coefficient (Wildman–Crippen LogP) is -1.30. The lowest BCUT2D eigenvalue weighted by atomic mass is 10.2. The summed E-state index contributed by atoms with van der Waals surface area (Å²) in [6, 6.07) is 0. The van der Waals surface area contributed by atoms with E-state index in [0.29, 0.717) is 38.5 Å². The van der Waals surface area contributed by atoms with Crippen molar-refractivity contribution in [2.75, 3.05) is 0 Å². The third-order valence-electron chi connectivity index (χ3n) is 13.1. The first-order valence-corrected chi connectivity index (χ1v) is 27.9. The Morgan fingerprint density at radius 3 is 0.392 bits per heavy atom. The van der Waals surface area contributed by atoms with Crippen LogP contribution < -0.4 is 0 Å². The molecule has 24 radical (unpaired) electrons. The van der Waals surface area contributed by atoms with Gasteiger partial charge < -0.3 is 110 Å². The van der Waals surface area contributed by atoms with Crippen LogP contribution in [-0.4, -0.2) is 243 Å². The summed E-state index contributed by atoms with van der Waals surface area (Å²) in [7, 11) is 86.9. The van der Waals surface area contributed by atoms with Crippen LogP contribution in [-0.2, 0) is 110 Å². The van der Waals surface area contributed by atoms with Gasteiger partial charge >= 0.3 is 0 Å². The molecule has 6 aliphatic carbocycles. The monoisotopic (exact) mass is 1320 g/mol. The minimum Gasteiger partial charge on any atom is -0.442 e. The average Bonchev–Trinajstić information content (AvgIpc) is 4.35. The molecule has 36 atom stereocenters.